The molecule has 1 aliphatic heterocycles. The molecule has 0 radical (unpaired) electrons. The minimum absolute atomic E-state index is 0.176. The molecule has 9 heteroatoms. The summed E-state index contributed by atoms with van der Waals surface area (Å²) < 4.78 is 57.7. The Morgan fingerprint density at radius 2 is 0.685 bits per heavy atom. The lowest BCUT2D eigenvalue weighted by Crippen LogP contribution is -2.32. The third-order valence-corrected chi connectivity index (χ3v) is 17.6. The van der Waals surface area contributed by atoms with Gasteiger partial charge in [-0.25, -0.2) is 17.6 Å². The number of rotatable bonds is 8. The van der Waals surface area contributed by atoms with Gasteiger partial charge in [-0.15, -0.1) is 0 Å². The number of fused-ring (bicyclic) bond motifs is 2. The van der Waals surface area contributed by atoms with E-state index in [9.17, 15) is 17.6 Å². The molecule has 1 aliphatic rings. The Morgan fingerprint density at radius 1 is 0.384 bits per heavy atom. The van der Waals surface area contributed by atoms with Crippen molar-refractivity contribution in [2.24, 2.45) is 0 Å². The predicted molar refractivity (Wildman–Crippen MR) is 308 cm³/mol. The standard InChI is InChI=1S/C39H32OP2.C13H10F2.C6H4FI.C6H6FN/c1-39(2)33-25-15-27-35(41(29-17-7-3-8-18-29)30-19-9-4-10-20-30)37(33)40-38-34(39)26-16-28-36(38)42(31-21-11-5-12-22-31)32-23-13-6-14-24-32;14-12-5-1-10(2-6-12)9-11-3-7-13(15)8-4-11;2*7-5-1-3-6(8)4-2-5/h3-28H,1-2H3;1-8H,9H2;1-4H;1-4H,8H2. The van der Waals surface area contributed by atoms with Crippen molar-refractivity contribution in [2.75, 3.05) is 5.73 Å². The van der Waals surface area contributed by atoms with E-state index in [4.69, 9.17) is 10.5 Å². The summed E-state index contributed by atoms with van der Waals surface area (Å²) in [5, 5.41) is 7.81. The Labute approximate surface area is 442 Å². The van der Waals surface area contributed by atoms with Gasteiger partial charge in [0, 0.05) is 36.4 Å². The van der Waals surface area contributed by atoms with Gasteiger partial charge < -0.3 is 10.5 Å². The van der Waals surface area contributed by atoms with Crippen LogP contribution in [0.1, 0.15) is 36.1 Å². The van der Waals surface area contributed by atoms with Gasteiger partial charge in [-0.05, 0) is 150 Å². The second-order valence-electron chi connectivity index (χ2n) is 17.5. The lowest BCUT2D eigenvalue weighted by Gasteiger charge is -2.38. The van der Waals surface area contributed by atoms with Crippen molar-refractivity contribution in [3.63, 3.8) is 0 Å². The molecule has 0 atom stereocenters. The van der Waals surface area contributed by atoms with Gasteiger partial charge >= 0.3 is 0 Å². The molecule has 0 aliphatic carbocycles. The number of para-hydroxylation sites is 2. The second kappa shape index (κ2) is 25.2. The quantitative estimate of drug-likeness (QED) is 0.0712. The number of hydrogen-bond acceptors (Lipinski definition) is 2. The average Bonchev–Trinajstić information content (AvgIpc) is 3.42. The summed E-state index contributed by atoms with van der Waals surface area (Å²) in [6.45, 7) is 4.70. The molecule has 0 fully saturated rings. The molecule has 73 heavy (non-hydrogen) atoms. The first-order valence-corrected chi connectivity index (χ1v) is 27.4. The molecule has 0 bridgehead atoms. The van der Waals surface area contributed by atoms with E-state index in [1.807, 2.05) is 0 Å². The van der Waals surface area contributed by atoms with Gasteiger partial charge in [-0.1, -0.05) is 196 Å². The first kappa shape index (κ1) is 52.4. The van der Waals surface area contributed by atoms with Crippen molar-refractivity contribution in [1.82, 2.24) is 0 Å². The lowest BCUT2D eigenvalue weighted by molar-refractivity contribution is 0.425. The number of anilines is 1. The molecule has 2 N–H and O–H groups in total. The molecule has 0 unspecified atom stereocenters. The molecule has 2 nitrogen and oxygen atoms in total. The first-order valence-electron chi connectivity index (χ1n) is 23.6. The molecule has 11 rings (SSSR count). The topological polar surface area (TPSA) is 35.2 Å². The highest BCUT2D eigenvalue weighted by Crippen LogP contribution is 2.52. The van der Waals surface area contributed by atoms with Gasteiger partial charge in [0.25, 0.3) is 0 Å². The van der Waals surface area contributed by atoms with Crippen LogP contribution < -0.4 is 42.3 Å². The van der Waals surface area contributed by atoms with E-state index >= 15 is 0 Å². The molecule has 0 spiro atoms. The molecule has 364 valence electrons. The minimum atomic E-state index is -0.824. The number of ether oxygens (including phenoxy) is 1. The van der Waals surface area contributed by atoms with Crippen LogP contribution in [0.25, 0.3) is 0 Å². The monoisotopic (exact) mass is 1120 g/mol. The molecule has 0 saturated heterocycles. The molecule has 0 aromatic heterocycles. The fourth-order valence-corrected chi connectivity index (χ4v) is 13.5. The fourth-order valence-electron chi connectivity index (χ4n) is 8.34. The fraction of sp³-hybridized carbons (Fsp3) is 0.0625. The van der Waals surface area contributed by atoms with Crippen molar-refractivity contribution in [3.05, 3.63) is 304 Å². The van der Waals surface area contributed by atoms with E-state index in [-0.39, 0.29) is 28.7 Å². The summed E-state index contributed by atoms with van der Waals surface area (Å²) in [5.41, 5.74) is 10.1. The van der Waals surface area contributed by atoms with Crippen LogP contribution in [0.3, 0.4) is 0 Å². The van der Waals surface area contributed by atoms with Gasteiger partial charge in [-0.3, -0.25) is 0 Å². The molecule has 0 amide bonds. The van der Waals surface area contributed by atoms with Crippen LogP contribution in [0.15, 0.2) is 255 Å². The van der Waals surface area contributed by atoms with Crippen LogP contribution in [0, 0.1) is 26.8 Å². The van der Waals surface area contributed by atoms with Gasteiger partial charge in [-0.2, -0.15) is 0 Å². The molecule has 1 heterocycles. The number of halogens is 5. The zero-order chi connectivity index (χ0) is 51.2. The molecule has 10 aromatic carbocycles. The third kappa shape index (κ3) is 13.8. The van der Waals surface area contributed by atoms with E-state index < -0.39 is 15.8 Å². The molecular weight excluding hydrogens is 1060 g/mol. The third-order valence-electron chi connectivity index (χ3n) is 12.0. The largest absolute Gasteiger partial charge is 0.455 e. The summed E-state index contributed by atoms with van der Waals surface area (Å²) in [7, 11) is -1.65. The number of benzene rings is 10. The maximum Gasteiger partial charge on any atom is 0.139 e. The van der Waals surface area contributed by atoms with Crippen LogP contribution in [0.2, 0.25) is 0 Å². The maximum atomic E-state index is 12.6. The maximum absolute atomic E-state index is 12.6. The van der Waals surface area contributed by atoms with Gasteiger partial charge in [0.05, 0.1) is 0 Å². The van der Waals surface area contributed by atoms with Crippen molar-refractivity contribution >= 4 is 75.9 Å². The van der Waals surface area contributed by atoms with E-state index in [2.05, 4.69) is 194 Å². The molecule has 10 aromatic rings. The average molecular weight is 1120 g/mol. The Morgan fingerprint density at radius 3 is 0.986 bits per heavy atom. The zero-order valence-corrected chi connectivity index (χ0v) is 44.2. The molecule has 0 saturated carbocycles. The summed E-state index contributed by atoms with van der Waals surface area (Å²) >= 11 is 2.13. The number of hydrogen-bond donors (Lipinski definition) is 1. The van der Waals surface area contributed by atoms with Crippen LogP contribution in [0.5, 0.6) is 11.5 Å². The zero-order valence-electron chi connectivity index (χ0n) is 40.2. The summed E-state index contributed by atoms with van der Waals surface area (Å²) in [4.78, 5) is 0. The van der Waals surface area contributed by atoms with Crippen molar-refractivity contribution < 1.29 is 22.3 Å². The highest BCUT2D eigenvalue weighted by Gasteiger charge is 2.39. The van der Waals surface area contributed by atoms with Crippen molar-refractivity contribution in [2.45, 2.75) is 25.7 Å². The highest BCUT2D eigenvalue weighted by molar-refractivity contribution is 14.1. The molecular formula is C64H52F4INOP2. The Bertz CT molecular complexity index is 2950. The van der Waals surface area contributed by atoms with Gasteiger partial charge in [0.2, 0.25) is 0 Å². The smallest absolute Gasteiger partial charge is 0.139 e. The SMILES string of the molecule is CC1(C)c2cccc(P(c3ccccc3)c3ccccc3)c2Oc2c(P(c3ccccc3)c3ccccc3)cccc21.Fc1ccc(Cc2ccc(F)cc2)cc1.Fc1ccc(I)cc1.Nc1ccc(F)cc1. The Balaban J connectivity index is 0.000000184. The van der Waals surface area contributed by atoms with E-state index in [1.54, 1.807) is 36.4 Å². The second-order valence-corrected chi connectivity index (χ2v) is 23.1. The minimum Gasteiger partial charge on any atom is -0.455 e. The Kier molecular flexibility index (Phi) is 18.1. The Hall–Kier alpha value is -6.89. The lowest BCUT2D eigenvalue weighted by atomic mass is 9.76. The van der Waals surface area contributed by atoms with Gasteiger partial charge in [0.15, 0.2) is 0 Å². The summed E-state index contributed by atoms with van der Waals surface area (Å²) in [6.07, 6.45) is 0.695. The van der Waals surface area contributed by atoms with Crippen LogP contribution in [0.4, 0.5) is 23.2 Å². The van der Waals surface area contributed by atoms with Crippen LogP contribution in [-0.2, 0) is 11.8 Å². The van der Waals surface area contributed by atoms with Crippen molar-refractivity contribution in [1.29, 1.82) is 0 Å². The van der Waals surface area contributed by atoms with E-state index in [1.165, 1.54) is 104 Å². The number of nitrogen functional groups attached to an aromatic ring is 1. The first-order chi connectivity index (χ1) is 35.4. The number of nitrogens with two attached hydrogens (primary N) is 1. The highest BCUT2D eigenvalue weighted by atomic mass is 127. The normalized spacial score (nSPS) is 11.8. The summed E-state index contributed by atoms with van der Waals surface area (Å²) in [5.74, 6) is 1.12. The van der Waals surface area contributed by atoms with Crippen molar-refractivity contribution in [3.8, 4) is 11.5 Å². The van der Waals surface area contributed by atoms with Crippen LogP contribution >= 0.6 is 38.4 Å². The summed E-state index contributed by atoms with van der Waals surface area (Å²) in [6, 6.07) is 81.9. The van der Waals surface area contributed by atoms with Crippen LogP contribution in [-0.4, -0.2) is 0 Å². The van der Waals surface area contributed by atoms with Gasteiger partial charge in [0.1, 0.15) is 34.8 Å². The van der Waals surface area contributed by atoms with E-state index in [0.29, 0.717) is 12.1 Å². The predicted octanol–water partition coefficient (Wildman–Crippen LogP) is 15.0. The van der Waals surface area contributed by atoms with E-state index in [0.717, 1.165) is 26.2 Å².